The van der Waals surface area contributed by atoms with Gasteiger partial charge in [-0.2, -0.15) is 5.10 Å². The van der Waals surface area contributed by atoms with E-state index in [0.717, 1.165) is 31.9 Å². The maximum atomic E-state index is 12.8. The Morgan fingerprint density at radius 2 is 1.73 bits per heavy atom. The van der Waals surface area contributed by atoms with Gasteiger partial charge in [0.05, 0.1) is 5.69 Å². The molecular formula is C20H21N5O. The van der Waals surface area contributed by atoms with Crippen molar-refractivity contribution in [1.29, 1.82) is 0 Å². The first kappa shape index (κ1) is 16.3. The number of aryl methyl sites for hydroxylation is 1. The zero-order valence-electron chi connectivity index (χ0n) is 14.7. The van der Waals surface area contributed by atoms with Crippen LogP contribution in [0.2, 0.25) is 0 Å². The number of nitrogens with zero attached hydrogens (tertiary/aromatic N) is 5. The summed E-state index contributed by atoms with van der Waals surface area (Å²) >= 11 is 0. The molecule has 3 aromatic rings. The molecule has 0 N–H and O–H groups in total. The molecule has 1 amide bonds. The maximum Gasteiger partial charge on any atom is 0.253 e. The monoisotopic (exact) mass is 347 g/mol. The molecule has 0 spiro atoms. The average Bonchev–Trinajstić information content (AvgIpc) is 3.23. The Kier molecular flexibility index (Phi) is 4.39. The number of rotatable bonds is 3. The fraction of sp³-hybridized carbons (Fsp3) is 0.250. The molecule has 132 valence electrons. The molecular weight excluding hydrogens is 326 g/mol. The van der Waals surface area contributed by atoms with Crippen LogP contribution in [0.4, 0.5) is 5.69 Å². The smallest absolute Gasteiger partial charge is 0.253 e. The molecule has 26 heavy (non-hydrogen) atoms. The minimum Gasteiger partial charge on any atom is -0.368 e. The summed E-state index contributed by atoms with van der Waals surface area (Å²) in [5, 5.41) is 4.10. The van der Waals surface area contributed by atoms with E-state index in [4.69, 9.17) is 0 Å². The highest BCUT2D eigenvalue weighted by atomic mass is 16.2. The minimum absolute atomic E-state index is 0.0824. The highest BCUT2D eigenvalue weighted by Crippen LogP contribution is 2.19. The molecule has 1 aromatic heterocycles. The highest BCUT2D eigenvalue weighted by molar-refractivity contribution is 5.94. The summed E-state index contributed by atoms with van der Waals surface area (Å²) in [4.78, 5) is 21.0. The summed E-state index contributed by atoms with van der Waals surface area (Å²) in [5.74, 6) is 0.0824. The van der Waals surface area contributed by atoms with Crippen LogP contribution in [-0.2, 0) is 0 Å². The molecule has 1 aliphatic rings. The molecule has 1 saturated heterocycles. The molecule has 6 heteroatoms. The van der Waals surface area contributed by atoms with Gasteiger partial charge in [0, 0.05) is 37.4 Å². The lowest BCUT2D eigenvalue weighted by atomic mass is 10.1. The van der Waals surface area contributed by atoms with Crippen molar-refractivity contribution in [2.45, 2.75) is 6.92 Å². The van der Waals surface area contributed by atoms with Gasteiger partial charge in [0.1, 0.15) is 12.7 Å². The number of hydrogen-bond acceptors (Lipinski definition) is 4. The highest BCUT2D eigenvalue weighted by Gasteiger charge is 2.22. The molecule has 0 aliphatic carbocycles. The van der Waals surface area contributed by atoms with Crippen molar-refractivity contribution in [1.82, 2.24) is 19.7 Å². The number of aromatic nitrogens is 3. The van der Waals surface area contributed by atoms with E-state index in [1.807, 2.05) is 29.2 Å². The van der Waals surface area contributed by atoms with Crippen LogP contribution < -0.4 is 4.90 Å². The van der Waals surface area contributed by atoms with Crippen molar-refractivity contribution in [2.24, 2.45) is 0 Å². The van der Waals surface area contributed by atoms with Gasteiger partial charge in [0.25, 0.3) is 5.91 Å². The van der Waals surface area contributed by atoms with Crippen molar-refractivity contribution >= 4 is 11.6 Å². The molecule has 1 aliphatic heterocycles. The fourth-order valence-electron chi connectivity index (χ4n) is 3.27. The third-order valence-electron chi connectivity index (χ3n) is 4.73. The first-order valence-electron chi connectivity index (χ1n) is 8.77. The van der Waals surface area contributed by atoms with Crippen LogP contribution in [0.5, 0.6) is 0 Å². The van der Waals surface area contributed by atoms with Gasteiger partial charge in [-0.05, 0) is 48.9 Å². The van der Waals surface area contributed by atoms with Gasteiger partial charge in [0.15, 0.2) is 0 Å². The average molecular weight is 347 g/mol. The zero-order valence-corrected chi connectivity index (χ0v) is 14.7. The summed E-state index contributed by atoms with van der Waals surface area (Å²) in [6.45, 7) is 5.28. The zero-order chi connectivity index (χ0) is 17.9. The third-order valence-corrected chi connectivity index (χ3v) is 4.73. The summed E-state index contributed by atoms with van der Waals surface area (Å²) in [6, 6.07) is 16.0. The molecule has 0 radical (unpaired) electrons. The Hall–Kier alpha value is -3.15. The van der Waals surface area contributed by atoms with E-state index >= 15 is 0 Å². The fourth-order valence-corrected chi connectivity index (χ4v) is 3.27. The van der Waals surface area contributed by atoms with Gasteiger partial charge >= 0.3 is 0 Å². The number of carbonyl (C=O) groups is 1. The first-order chi connectivity index (χ1) is 12.7. The number of piperazine rings is 1. The quantitative estimate of drug-likeness (QED) is 0.731. The lowest BCUT2D eigenvalue weighted by molar-refractivity contribution is 0.0747. The van der Waals surface area contributed by atoms with Gasteiger partial charge in [-0.25, -0.2) is 9.67 Å². The van der Waals surface area contributed by atoms with Crippen molar-refractivity contribution < 1.29 is 4.79 Å². The van der Waals surface area contributed by atoms with Gasteiger partial charge in [0.2, 0.25) is 0 Å². The summed E-state index contributed by atoms with van der Waals surface area (Å²) in [7, 11) is 0. The largest absolute Gasteiger partial charge is 0.368 e. The van der Waals surface area contributed by atoms with Crippen LogP contribution in [0.15, 0.2) is 61.2 Å². The van der Waals surface area contributed by atoms with Gasteiger partial charge < -0.3 is 9.80 Å². The second-order valence-corrected chi connectivity index (χ2v) is 6.51. The summed E-state index contributed by atoms with van der Waals surface area (Å²) in [5.41, 5.74) is 4.09. The van der Waals surface area contributed by atoms with Crippen LogP contribution in [0.1, 0.15) is 15.9 Å². The Morgan fingerprint density at radius 3 is 2.38 bits per heavy atom. The van der Waals surface area contributed by atoms with E-state index in [1.165, 1.54) is 17.6 Å². The van der Waals surface area contributed by atoms with Crippen LogP contribution in [0.3, 0.4) is 0 Å². The van der Waals surface area contributed by atoms with Crippen LogP contribution in [0, 0.1) is 6.92 Å². The van der Waals surface area contributed by atoms with Crippen LogP contribution in [0.25, 0.3) is 5.69 Å². The van der Waals surface area contributed by atoms with E-state index in [2.05, 4.69) is 46.2 Å². The van der Waals surface area contributed by atoms with Crippen molar-refractivity contribution in [3.63, 3.8) is 0 Å². The topological polar surface area (TPSA) is 54.3 Å². The van der Waals surface area contributed by atoms with E-state index in [0.29, 0.717) is 5.56 Å². The van der Waals surface area contributed by atoms with Crippen molar-refractivity contribution in [3.8, 4) is 5.69 Å². The molecule has 0 saturated carbocycles. The molecule has 0 bridgehead atoms. The van der Waals surface area contributed by atoms with Crippen molar-refractivity contribution in [3.05, 3.63) is 72.3 Å². The molecule has 1 fully saturated rings. The van der Waals surface area contributed by atoms with Crippen molar-refractivity contribution in [2.75, 3.05) is 31.1 Å². The molecule has 2 heterocycles. The third kappa shape index (κ3) is 3.31. The van der Waals surface area contributed by atoms with E-state index < -0.39 is 0 Å². The Balaban J connectivity index is 1.40. The van der Waals surface area contributed by atoms with E-state index in [-0.39, 0.29) is 5.91 Å². The summed E-state index contributed by atoms with van der Waals surface area (Å²) < 4.78 is 1.68. The molecule has 2 aromatic carbocycles. The van der Waals surface area contributed by atoms with Gasteiger partial charge in [-0.3, -0.25) is 4.79 Å². The van der Waals surface area contributed by atoms with Crippen LogP contribution >= 0.6 is 0 Å². The summed E-state index contributed by atoms with van der Waals surface area (Å²) in [6.07, 6.45) is 3.13. The predicted molar refractivity (Wildman–Crippen MR) is 101 cm³/mol. The Labute approximate surface area is 152 Å². The van der Waals surface area contributed by atoms with E-state index in [9.17, 15) is 4.79 Å². The molecule has 4 rings (SSSR count). The van der Waals surface area contributed by atoms with E-state index in [1.54, 1.807) is 11.0 Å². The molecule has 6 nitrogen and oxygen atoms in total. The number of carbonyl (C=O) groups excluding carboxylic acids is 1. The van der Waals surface area contributed by atoms with Gasteiger partial charge in [-0.15, -0.1) is 0 Å². The maximum absolute atomic E-state index is 12.8. The Bertz CT molecular complexity index is 881. The second-order valence-electron chi connectivity index (χ2n) is 6.51. The number of amides is 1. The first-order valence-corrected chi connectivity index (χ1v) is 8.77. The number of benzene rings is 2. The van der Waals surface area contributed by atoms with Gasteiger partial charge in [-0.1, -0.05) is 12.1 Å². The lowest BCUT2D eigenvalue weighted by Gasteiger charge is -2.36. The minimum atomic E-state index is 0.0824. The predicted octanol–water partition coefficient (Wildman–Crippen LogP) is 2.54. The second kappa shape index (κ2) is 7.00. The normalized spacial score (nSPS) is 14.5. The number of anilines is 1. The standard InChI is InChI=1S/C20H21N5O/c1-16-3-2-4-19(13-16)23-9-11-24(12-10-23)20(26)17-5-7-18(8-6-17)25-15-21-14-22-25/h2-8,13-15H,9-12H2,1H3. The molecule has 0 atom stereocenters. The van der Waals surface area contributed by atoms with Crippen LogP contribution in [-0.4, -0.2) is 51.8 Å². The SMILES string of the molecule is Cc1cccc(N2CCN(C(=O)c3ccc(-n4cncn4)cc3)CC2)c1. The Morgan fingerprint density at radius 1 is 0.962 bits per heavy atom. The lowest BCUT2D eigenvalue weighted by Crippen LogP contribution is -2.48. The number of hydrogen-bond donors (Lipinski definition) is 0. The molecule has 0 unspecified atom stereocenters.